The maximum absolute atomic E-state index is 13.5. The smallest absolute Gasteiger partial charge is 0.194 e. The van der Waals surface area contributed by atoms with Crippen LogP contribution in [0.5, 0.6) is 0 Å². The van der Waals surface area contributed by atoms with Gasteiger partial charge in [-0.1, -0.05) is 72.8 Å². The summed E-state index contributed by atoms with van der Waals surface area (Å²) in [5.74, 6) is 0. The molecule has 7 rings (SSSR count). The zero-order chi connectivity index (χ0) is 20.0. The first kappa shape index (κ1) is 15.8. The Morgan fingerprint density at radius 2 is 0.900 bits per heavy atom. The van der Waals surface area contributed by atoms with Crippen molar-refractivity contribution >= 4 is 64.6 Å². The lowest BCUT2D eigenvalue weighted by Crippen LogP contribution is -1.97. The predicted octanol–water partition coefficient (Wildman–Crippen LogP) is 6.20. The molecule has 138 valence electrons. The maximum atomic E-state index is 13.5. The Bertz CT molecular complexity index is 1930. The van der Waals surface area contributed by atoms with Gasteiger partial charge in [0.1, 0.15) is 0 Å². The van der Waals surface area contributed by atoms with E-state index in [9.17, 15) is 9.59 Å². The highest BCUT2D eigenvalue weighted by atomic mass is 16.1. The molecule has 0 radical (unpaired) electrons. The minimum absolute atomic E-state index is 0.00279. The number of rotatable bonds is 0. The molecule has 0 aromatic heterocycles. The zero-order valence-corrected chi connectivity index (χ0v) is 15.9. The van der Waals surface area contributed by atoms with Crippen LogP contribution in [0.2, 0.25) is 0 Å². The van der Waals surface area contributed by atoms with Crippen LogP contribution >= 0.6 is 0 Å². The summed E-state index contributed by atoms with van der Waals surface area (Å²) >= 11 is 0. The molecule has 2 heteroatoms. The fourth-order valence-electron chi connectivity index (χ4n) is 5.17. The molecule has 30 heavy (non-hydrogen) atoms. The summed E-state index contributed by atoms with van der Waals surface area (Å²) < 4.78 is 0. The van der Waals surface area contributed by atoms with Crippen molar-refractivity contribution in [3.8, 4) is 0 Å². The molecule has 7 aromatic rings. The lowest BCUT2D eigenvalue weighted by atomic mass is 9.98. The van der Waals surface area contributed by atoms with Gasteiger partial charge in [0.25, 0.3) is 0 Å². The van der Waals surface area contributed by atoms with Gasteiger partial charge in [-0.2, -0.15) is 0 Å². The van der Waals surface area contributed by atoms with E-state index >= 15 is 0 Å². The first-order valence-electron chi connectivity index (χ1n) is 10.0. The van der Waals surface area contributed by atoms with Crippen LogP contribution in [0.15, 0.2) is 94.5 Å². The fraction of sp³-hybridized carbons (Fsp3) is 0. The lowest BCUT2D eigenvalue weighted by molar-refractivity contribution is 1.79. The lowest BCUT2D eigenvalue weighted by Gasteiger charge is -2.05. The molecule has 7 aromatic carbocycles. The second-order valence-electron chi connectivity index (χ2n) is 8.02. The van der Waals surface area contributed by atoms with E-state index in [1.807, 2.05) is 48.5 Å². The largest absolute Gasteiger partial charge is 0.289 e. The maximum Gasteiger partial charge on any atom is 0.194 e. The third-order valence-electron chi connectivity index (χ3n) is 6.55. The molecule has 0 spiro atoms. The van der Waals surface area contributed by atoms with Gasteiger partial charge < -0.3 is 0 Å². The molecule has 2 nitrogen and oxygen atoms in total. The molecule has 0 atom stereocenters. The molecule has 0 saturated heterocycles. The molecule has 0 N–H and O–H groups in total. The summed E-state index contributed by atoms with van der Waals surface area (Å²) in [6, 6.07) is 28.1. The molecule has 0 bridgehead atoms. The molecular weight excluding hydrogens is 368 g/mol. The van der Waals surface area contributed by atoms with Gasteiger partial charge in [0.2, 0.25) is 0 Å². The van der Waals surface area contributed by atoms with Gasteiger partial charge in [-0.15, -0.1) is 0 Å². The van der Waals surface area contributed by atoms with Crippen LogP contribution in [0.1, 0.15) is 0 Å². The van der Waals surface area contributed by atoms with E-state index in [1.54, 1.807) is 0 Å². The highest BCUT2D eigenvalue weighted by Gasteiger charge is 2.18. The van der Waals surface area contributed by atoms with E-state index in [2.05, 4.69) is 36.4 Å². The average molecular weight is 382 g/mol. The van der Waals surface area contributed by atoms with E-state index in [0.717, 1.165) is 48.5 Å². The van der Waals surface area contributed by atoms with E-state index in [4.69, 9.17) is 0 Å². The summed E-state index contributed by atoms with van der Waals surface area (Å²) in [5.41, 5.74) is 0.00967. The average Bonchev–Trinajstić information content (AvgIpc) is 3.24. The van der Waals surface area contributed by atoms with E-state index < -0.39 is 0 Å². The van der Waals surface area contributed by atoms with Crippen LogP contribution in [0.25, 0.3) is 64.6 Å². The standard InChI is InChI=1S/C28H14O2/c29-27-21-8-4-3-7-17(21)22-13-23-20-12-11-18-16-6-2-1-5-15(16)9-10-19(18)26(20)28(30)25(23)14-24(22)27/h1-14H. The number of fused-ring (bicyclic) bond motifs is 10. The molecule has 0 heterocycles. The van der Waals surface area contributed by atoms with Crippen molar-refractivity contribution < 1.29 is 0 Å². The van der Waals surface area contributed by atoms with Gasteiger partial charge >= 0.3 is 0 Å². The highest BCUT2D eigenvalue weighted by molar-refractivity contribution is 6.27. The molecular formula is C28H14O2. The highest BCUT2D eigenvalue weighted by Crippen LogP contribution is 2.36. The minimum Gasteiger partial charge on any atom is -0.289 e. The van der Waals surface area contributed by atoms with Crippen molar-refractivity contribution in [2.75, 3.05) is 0 Å². The van der Waals surface area contributed by atoms with Crippen LogP contribution in [0, 0.1) is 0 Å². The van der Waals surface area contributed by atoms with Crippen LogP contribution in [-0.4, -0.2) is 0 Å². The SMILES string of the molecule is O=c1c2ccccc2c2cc3c(cc12)c(=O)c1c3ccc2c3ccccc3ccc21. The molecule has 0 saturated carbocycles. The van der Waals surface area contributed by atoms with Crippen molar-refractivity contribution in [3.63, 3.8) is 0 Å². The monoisotopic (exact) mass is 382 g/mol. The van der Waals surface area contributed by atoms with Crippen molar-refractivity contribution in [1.82, 2.24) is 0 Å². The Hall–Kier alpha value is -4.04. The van der Waals surface area contributed by atoms with Gasteiger partial charge in [-0.25, -0.2) is 0 Å². The number of benzene rings is 5. The van der Waals surface area contributed by atoms with Crippen molar-refractivity contribution in [2.24, 2.45) is 0 Å². The van der Waals surface area contributed by atoms with Gasteiger partial charge in [-0.3, -0.25) is 9.59 Å². The third kappa shape index (κ3) is 1.79. The predicted molar refractivity (Wildman–Crippen MR) is 126 cm³/mol. The summed E-state index contributed by atoms with van der Waals surface area (Å²) in [4.78, 5) is 26.4. The first-order chi connectivity index (χ1) is 14.7. The molecule has 0 aliphatic carbocycles. The molecule has 0 aliphatic heterocycles. The molecule has 0 amide bonds. The second kappa shape index (κ2) is 5.31. The van der Waals surface area contributed by atoms with Crippen molar-refractivity contribution in [3.05, 3.63) is 105 Å². The summed E-state index contributed by atoms with van der Waals surface area (Å²) in [6.45, 7) is 0. The Morgan fingerprint density at radius 1 is 0.367 bits per heavy atom. The summed E-state index contributed by atoms with van der Waals surface area (Å²) in [6.07, 6.45) is 0. The van der Waals surface area contributed by atoms with Crippen molar-refractivity contribution in [2.45, 2.75) is 0 Å². The van der Waals surface area contributed by atoms with Crippen LogP contribution in [-0.2, 0) is 0 Å². The van der Waals surface area contributed by atoms with Gasteiger partial charge in [0, 0.05) is 21.5 Å². The summed E-state index contributed by atoms with van der Waals surface area (Å²) in [7, 11) is 0. The zero-order valence-electron chi connectivity index (χ0n) is 15.9. The number of hydrogen-bond acceptors (Lipinski definition) is 2. The Balaban J connectivity index is 1.73. The van der Waals surface area contributed by atoms with Gasteiger partial charge in [0.15, 0.2) is 10.9 Å². The van der Waals surface area contributed by atoms with Crippen molar-refractivity contribution in [1.29, 1.82) is 0 Å². The van der Waals surface area contributed by atoms with Gasteiger partial charge in [-0.05, 0) is 55.2 Å². The van der Waals surface area contributed by atoms with Gasteiger partial charge in [0.05, 0.1) is 0 Å². The van der Waals surface area contributed by atoms with Crippen LogP contribution < -0.4 is 10.9 Å². The molecule has 0 fully saturated rings. The van der Waals surface area contributed by atoms with E-state index in [0.29, 0.717) is 16.2 Å². The first-order valence-corrected chi connectivity index (χ1v) is 10.0. The summed E-state index contributed by atoms with van der Waals surface area (Å²) in [5, 5.41) is 10.8. The quantitative estimate of drug-likeness (QED) is 0.293. The fourth-order valence-corrected chi connectivity index (χ4v) is 5.17. The minimum atomic E-state index is 0.00279. The Morgan fingerprint density at radius 3 is 1.77 bits per heavy atom. The normalized spacial score (nSPS) is 12.3. The molecule has 0 aliphatic rings. The van der Waals surface area contributed by atoms with Crippen LogP contribution in [0.3, 0.4) is 0 Å². The topological polar surface area (TPSA) is 34.1 Å². The number of hydrogen-bond donors (Lipinski definition) is 0. The third-order valence-corrected chi connectivity index (χ3v) is 6.55. The Labute approximate surface area is 170 Å². The van der Waals surface area contributed by atoms with E-state index in [-0.39, 0.29) is 10.9 Å². The van der Waals surface area contributed by atoms with Crippen LogP contribution in [0.4, 0.5) is 0 Å². The second-order valence-corrected chi connectivity index (χ2v) is 8.02. The Kier molecular flexibility index (Phi) is 2.80. The molecule has 0 unspecified atom stereocenters. The van der Waals surface area contributed by atoms with E-state index in [1.165, 1.54) is 0 Å².